The van der Waals surface area contributed by atoms with Crippen LogP contribution in [0.2, 0.25) is 0 Å². The zero-order valence-electron chi connectivity index (χ0n) is 17.8. The van der Waals surface area contributed by atoms with Crippen LogP contribution in [0.1, 0.15) is 25.0 Å². The number of alkyl halides is 1. The van der Waals surface area contributed by atoms with Gasteiger partial charge in [-0.1, -0.05) is 38.1 Å². The van der Waals surface area contributed by atoms with Gasteiger partial charge in [-0.05, 0) is 35.4 Å². The molecule has 6 nitrogen and oxygen atoms in total. The summed E-state index contributed by atoms with van der Waals surface area (Å²) in [5, 5.41) is 19.6. The highest BCUT2D eigenvalue weighted by molar-refractivity contribution is 6.18. The van der Waals surface area contributed by atoms with Gasteiger partial charge in [0.05, 0.1) is 18.8 Å². The van der Waals surface area contributed by atoms with Crippen LogP contribution in [0.4, 0.5) is 0 Å². The lowest BCUT2D eigenvalue weighted by atomic mass is 9.78. The predicted molar refractivity (Wildman–Crippen MR) is 121 cm³/mol. The smallest absolute Gasteiger partial charge is 0.119 e. The van der Waals surface area contributed by atoms with Crippen molar-refractivity contribution < 1.29 is 19.7 Å². The van der Waals surface area contributed by atoms with E-state index in [1.54, 1.807) is 12.5 Å². The van der Waals surface area contributed by atoms with Gasteiger partial charge in [-0.25, -0.2) is 4.98 Å². The van der Waals surface area contributed by atoms with E-state index in [-0.39, 0.29) is 24.5 Å². The van der Waals surface area contributed by atoms with Crippen LogP contribution in [0, 0.1) is 0 Å². The number of hydrogen-bond acceptors (Lipinski definition) is 5. The molecule has 7 heteroatoms. The molecule has 2 aromatic carbocycles. The largest absolute Gasteiger partial charge is 0.491 e. The van der Waals surface area contributed by atoms with E-state index in [1.165, 1.54) is 0 Å². The Balaban J connectivity index is 1.57. The van der Waals surface area contributed by atoms with Gasteiger partial charge in [0.25, 0.3) is 0 Å². The summed E-state index contributed by atoms with van der Waals surface area (Å²) >= 11 is 5.59. The summed E-state index contributed by atoms with van der Waals surface area (Å²) in [5.41, 5.74) is 2.07. The van der Waals surface area contributed by atoms with Crippen LogP contribution in [-0.2, 0) is 12.0 Å². The fourth-order valence-corrected chi connectivity index (χ4v) is 3.31. The van der Waals surface area contributed by atoms with Crippen LogP contribution in [0.5, 0.6) is 11.5 Å². The van der Waals surface area contributed by atoms with Gasteiger partial charge < -0.3 is 24.3 Å². The maximum Gasteiger partial charge on any atom is 0.119 e. The second-order valence-electron chi connectivity index (χ2n) is 8.02. The average Bonchev–Trinajstić information content (AvgIpc) is 3.29. The zero-order chi connectivity index (χ0) is 22.3. The van der Waals surface area contributed by atoms with Crippen LogP contribution >= 0.6 is 11.6 Å². The molecule has 0 aliphatic rings. The van der Waals surface area contributed by atoms with E-state index >= 15 is 0 Å². The second kappa shape index (κ2) is 10.7. The molecule has 0 aliphatic heterocycles. The van der Waals surface area contributed by atoms with Crippen LogP contribution in [0.25, 0.3) is 0 Å². The van der Waals surface area contributed by atoms with Crippen molar-refractivity contribution in [1.82, 2.24) is 9.55 Å². The Morgan fingerprint density at radius 2 is 1.42 bits per heavy atom. The van der Waals surface area contributed by atoms with Crippen molar-refractivity contribution in [1.29, 1.82) is 0 Å². The number of rotatable bonds is 11. The van der Waals surface area contributed by atoms with E-state index < -0.39 is 12.2 Å². The zero-order valence-corrected chi connectivity index (χ0v) is 18.6. The first-order chi connectivity index (χ1) is 14.9. The minimum Gasteiger partial charge on any atom is -0.491 e. The summed E-state index contributed by atoms with van der Waals surface area (Å²) in [7, 11) is 0. The molecule has 0 bridgehead atoms. The molecule has 2 atom stereocenters. The van der Waals surface area contributed by atoms with Crippen molar-refractivity contribution in [3.63, 3.8) is 0 Å². The highest BCUT2D eigenvalue weighted by Crippen LogP contribution is 2.33. The molecule has 31 heavy (non-hydrogen) atoms. The first kappa shape index (κ1) is 23.1. The molecule has 0 saturated carbocycles. The van der Waals surface area contributed by atoms with Crippen molar-refractivity contribution >= 4 is 11.6 Å². The van der Waals surface area contributed by atoms with Crippen LogP contribution in [0.3, 0.4) is 0 Å². The summed E-state index contributed by atoms with van der Waals surface area (Å²) in [6.45, 7) is 5.14. The number of imidazole rings is 1. The minimum atomic E-state index is -0.675. The molecule has 0 fully saturated rings. The molecule has 0 spiro atoms. The number of aliphatic hydroxyl groups is 2. The minimum absolute atomic E-state index is 0.147. The van der Waals surface area contributed by atoms with Crippen LogP contribution in [-0.4, -0.2) is 51.1 Å². The van der Waals surface area contributed by atoms with E-state index in [2.05, 4.69) is 18.8 Å². The molecule has 3 aromatic rings. The van der Waals surface area contributed by atoms with E-state index in [0.29, 0.717) is 18.0 Å². The normalized spacial score (nSPS) is 13.6. The molecule has 1 heterocycles. The number of halogens is 1. The van der Waals surface area contributed by atoms with Gasteiger partial charge in [0.1, 0.15) is 36.9 Å². The molecular weight excluding hydrogens is 416 g/mol. The molecular formula is C24H29ClN2O4. The van der Waals surface area contributed by atoms with Gasteiger partial charge in [-0.3, -0.25) is 0 Å². The lowest BCUT2D eigenvalue weighted by Crippen LogP contribution is -2.23. The summed E-state index contributed by atoms with van der Waals surface area (Å²) in [5.74, 6) is 1.56. The SMILES string of the molecule is CC(C)(c1ccc(OC[C@@H](O)CCl)cc1)c1ccc(OC[C@H](O)Cn2ccnc2)cc1. The summed E-state index contributed by atoms with van der Waals surface area (Å²) in [6.07, 6.45) is 3.87. The Morgan fingerprint density at radius 1 is 0.903 bits per heavy atom. The van der Waals surface area contributed by atoms with Crippen molar-refractivity contribution in [3.05, 3.63) is 78.4 Å². The van der Waals surface area contributed by atoms with Crippen molar-refractivity contribution in [3.8, 4) is 11.5 Å². The Kier molecular flexibility index (Phi) is 7.96. The quantitative estimate of drug-likeness (QED) is 0.442. The predicted octanol–water partition coefficient (Wildman–Crippen LogP) is 3.63. The van der Waals surface area contributed by atoms with Gasteiger partial charge in [0.15, 0.2) is 0 Å². The third-order valence-electron chi connectivity index (χ3n) is 5.20. The first-order valence-electron chi connectivity index (χ1n) is 10.2. The van der Waals surface area contributed by atoms with E-state index in [1.807, 2.05) is 59.3 Å². The number of benzene rings is 2. The monoisotopic (exact) mass is 444 g/mol. The van der Waals surface area contributed by atoms with Crippen molar-refractivity contribution in [2.24, 2.45) is 0 Å². The maximum absolute atomic E-state index is 10.1. The lowest BCUT2D eigenvalue weighted by molar-refractivity contribution is 0.0924. The Labute approximate surface area is 188 Å². The second-order valence-corrected chi connectivity index (χ2v) is 8.33. The molecule has 0 unspecified atom stereocenters. The highest BCUT2D eigenvalue weighted by atomic mass is 35.5. The van der Waals surface area contributed by atoms with Gasteiger partial charge in [0, 0.05) is 17.8 Å². The van der Waals surface area contributed by atoms with Gasteiger partial charge >= 0.3 is 0 Å². The van der Waals surface area contributed by atoms with Gasteiger partial charge in [-0.2, -0.15) is 0 Å². The van der Waals surface area contributed by atoms with Crippen molar-refractivity contribution in [2.45, 2.75) is 38.0 Å². The van der Waals surface area contributed by atoms with Gasteiger partial charge in [-0.15, -0.1) is 11.6 Å². The fourth-order valence-electron chi connectivity index (χ4n) is 3.22. The fraction of sp³-hybridized carbons (Fsp3) is 0.375. The molecule has 166 valence electrons. The average molecular weight is 445 g/mol. The molecule has 1 aromatic heterocycles. The molecule has 0 radical (unpaired) electrons. The summed E-state index contributed by atoms with van der Waals surface area (Å²) in [6, 6.07) is 15.8. The Hall–Kier alpha value is -2.54. The number of ether oxygens (including phenoxy) is 2. The summed E-state index contributed by atoms with van der Waals surface area (Å²) < 4.78 is 13.1. The molecule has 3 rings (SSSR count). The van der Waals surface area contributed by atoms with E-state index in [0.717, 1.165) is 11.1 Å². The summed E-state index contributed by atoms with van der Waals surface area (Å²) in [4.78, 5) is 3.96. The highest BCUT2D eigenvalue weighted by Gasteiger charge is 2.23. The van der Waals surface area contributed by atoms with Crippen LogP contribution in [0.15, 0.2) is 67.3 Å². The number of nitrogens with zero attached hydrogens (tertiary/aromatic N) is 2. The maximum atomic E-state index is 10.1. The molecule has 0 aliphatic carbocycles. The lowest BCUT2D eigenvalue weighted by Gasteiger charge is -2.26. The van der Waals surface area contributed by atoms with E-state index in [9.17, 15) is 10.2 Å². The number of aliphatic hydroxyl groups excluding tert-OH is 2. The van der Waals surface area contributed by atoms with Crippen LogP contribution < -0.4 is 9.47 Å². The van der Waals surface area contributed by atoms with Gasteiger partial charge in [0.2, 0.25) is 0 Å². The number of hydrogen-bond donors (Lipinski definition) is 2. The molecule has 2 N–H and O–H groups in total. The topological polar surface area (TPSA) is 76.7 Å². The van der Waals surface area contributed by atoms with Crippen molar-refractivity contribution in [2.75, 3.05) is 19.1 Å². The molecule has 0 saturated heterocycles. The number of aromatic nitrogens is 2. The third kappa shape index (κ3) is 6.47. The third-order valence-corrected chi connectivity index (χ3v) is 5.55. The molecule has 0 amide bonds. The Bertz CT molecular complexity index is 912. The van der Waals surface area contributed by atoms with E-state index in [4.69, 9.17) is 21.1 Å². The first-order valence-corrected chi connectivity index (χ1v) is 10.8. The Morgan fingerprint density at radius 3 is 1.87 bits per heavy atom. The standard InChI is InChI=1S/C24H29ClN2O4/c1-24(2,18-3-7-22(8-4-18)30-15-20(28)13-25)19-5-9-23(10-6-19)31-16-21(29)14-27-12-11-26-17-27/h3-12,17,20-21,28-29H,13-16H2,1-2H3/t20-,21+/m0/s1.